The molecule has 7 heteroatoms. The van der Waals surface area contributed by atoms with Gasteiger partial charge < -0.3 is 10.5 Å². The highest BCUT2D eigenvalue weighted by molar-refractivity contribution is 7.13. The van der Waals surface area contributed by atoms with Gasteiger partial charge in [0.2, 0.25) is 0 Å². The van der Waals surface area contributed by atoms with Gasteiger partial charge >= 0.3 is 0 Å². The van der Waals surface area contributed by atoms with Gasteiger partial charge in [-0.05, 0) is 37.1 Å². The van der Waals surface area contributed by atoms with Crippen LogP contribution in [-0.4, -0.2) is 36.6 Å². The first-order valence-electron chi connectivity index (χ1n) is 7.63. The number of nitrogens with zero attached hydrogens (tertiary/aromatic N) is 2. The predicted molar refractivity (Wildman–Crippen MR) is 106 cm³/mol. The molecule has 2 N–H and O–H groups in total. The molecule has 0 bridgehead atoms. The molecule has 0 amide bonds. The molecular weight excluding hydrogens is 365 g/mol. The number of aromatic nitrogens is 1. The van der Waals surface area contributed by atoms with Gasteiger partial charge in [-0.3, -0.25) is 4.90 Å². The summed E-state index contributed by atoms with van der Waals surface area (Å²) >= 11 is 1.69. The fourth-order valence-electron chi connectivity index (χ4n) is 2.92. The van der Waals surface area contributed by atoms with Crippen molar-refractivity contribution in [2.75, 3.05) is 26.7 Å². The fourth-order valence-corrected chi connectivity index (χ4v) is 3.73. The fraction of sp³-hybridized carbons (Fsp3) is 0.471. The Kier molecular flexibility index (Phi) is 7.96. The molecule has 1 fully saturated rings. The van der Waals surface area contributed by atoms with Gasteiger partial charge in [-0.25, -0.2) is 4.98 Å². The summed E-state index contributed by atoms with van der Waals surface area (Å²) in [5, 5.41) is 3.21. The minimum Gasteiger partial charge on any atom is -0.497 e. The Bertz CT molecular complexity index is 652. The molecule has 0 saturated carbocycles. The lowest BCUT2D eigenvalue weighted by molar-refractivity contribution is 0.272. The molecule has 1 saturated heterocycles. The lowest BCUT2D eigenvalue weighted by atomic mass is 9.90. The van der Waals surface area contributed by atoms with Gasteiger partial charge in [-0.1, -0.05) is 19.1 Å². The summed E-state index contributed by atoms with van der Waals surface area (Å²) in [7, 11) is 1.69. The number of thiazole rings is 1. The summed E-state index contributed by atoms with van der Waals surface area (Å²) < 4.78 is 5.28. The molecule has 1 aromatic carbocycles. The van der Waals surface area contributed by atoms with E-state index in [4.69, 9.17) is 15.5 Å². The molecule has 4 nitrogen and oxygen atoms in total. The van der Waals surface area contributed by atoms with Crippen LogP contribution in [0, 0.1) is 5.41 Å². The van der Waals surface area contributed by atoms with Gasteiger partial charge in [0, 0.05) is 24.0 Å². The Balaban J connectivity index is 0.00000144. The molecule has 134 valence electrons. The van der Waals surface area contributed by atoms with Crippen LogP contribution in [-0.2, 0) is 6.54 Å². The summed E-state index contributed by atoms with van der Waals surface area (Å²) in [6, 6.07) is 8.06. The molecule has 1 atom stereocenters. The van der Waals surface area contributed by atoms with Crippen molar-refractivity contribution in [2.24, 2.45) is 11.1 Å². The predicted octanol–water partition coefficient (Wildman–Crippen LogP) is 3.83. The first-order chi connectivity index (χ1) is 10.6. The number of likely N-dealkylation sites (tertiary alicyclic amines) is 1. The summed E-state index contributed by atoms with van der Waals surface area (Å²) in [6.45, 7) is 6.12. The van der Waals surface area contributed by atoms with Crippen molar-refractivity contribution in [3.8, 4) is 16.3 Å². The number of hydrogen-bond acceptors (Lipinski definition) is 5. The van der Waals surface area contributed by atoms with E-state index in [9.17, 15) is 0 Å². The molecule has 0 spiro atoms. The molecule has 24 heavy (non-hydrogen) atoms. The second-order valence-electron chi connectivity index (χ2n) is 6.35. The molecule has 2 aromatic rings. The van der Waals surface area contributed by atoms with Gasteiger partial charge in [-0.2, -0.15) is 0 Å². The molecule has 0 aliphatic carbocycles. The number of benzene rings is 1. The van der Waals surface area contributed by atoms with Gasteiger partial charge in [0.1, 0.15) is 10.8 Å². The molecule has 1 aliphatic rings. The average molecular weight is 390 g/mol. The van der Waals surface area contributed by atoms with E-state index < -0.39 is 0 Å². The Labute approximate surface area is 160 Å². The van der Waals surface area contributed by atoms with Crippen molar-refractivity contribution in [3.05, 3.63) is 35.3 Å². The van der Waals surface area contributed by atoms with E-state index in [1.165, 1.54) is 6.42 Å². The second kappa shape index (κ2) is 9.02. The van der Waals surface area contributed by atoms with Gasteiger partial charge in [-0.15, -0.1) is 36.2 Å². The van der Waals surface area contributed by atoms with Crippen LogP contribution in [0.3, 0.4) is 0 Å². The SMILES string of the molecule is COc1cccc(-c2nc(CN3CCC(C)(CN)C3)cs2)c1.Cl.Cl. The van der Waals surface area contributed by atoms with Crippen LogP contribution in [0.25, 0.3) is 10.6 Å². The zero-order valence-electron chi connectivity index (χ0n) is 14.0. The van der Waals surface area contributed by atoms with E-state index in [1.807, 2.05) is 18.2 Å². The Morgan fingerprint density at radius 3 is 2.83 bits per heavy atom. The third-order valence-electron chi connectivity index (χ3n) is 4.38. The molecule has 1 unspecified atom stereocenters. The zero-order chi connectivity index (χ0) is 15.6. The molecule has 3 rings (SSSR count). The highest BCUT2D eigenvalue weighted by Gasteiger charge is 2.32. The largest absolute Gasteiger partial charge is 0.497 e. The Hall–Kier alpha value is -0.850. The molecule has 1 aromatic heterocycles. The van der Waals surface area contributed by atoms with Gasteiger partial charge in [0.15, 0.2) is 0 Å². The van der Waals surface area contributed by atoms with Gasteiger partial charge in [0.05, 0.1) is 12.8 Å². The van der Waals surface area contributed by atoms with Crippen molar-refractivity contribution < 1.29 is 4.74 Å². The maximum Gasteiger partial charge on any atom is 0.123 e. The molecule has 1 aliphatic heterocycles. The second-order valence-corrected chi connectivity index (χ2v) is 7.21. The monoisotopic (exact) mass is 389 g/mol. The van der Waals surface area contributed by atoms with Crippen molar-refractivity contribution in [1.82, 2.24) is 9.88 Å². The third-order valence-corrected chi connectivity index (χ3v) is 5.32. The van der Waals surface area contributed by atoms with Crippen LogP contribution in [0.5, 0.6) is 5.75 Å². The van der Waals surface area contributed by atoms with E-state index in [0.29, 0.717) is 0 Å². The van der Waals surface area contributed by atoms with Crippen molar-refractivity contribution in [1.29, 1.82) is 0 Å². The van der Waals surface area contributed by atoms with Crippen LogP contribution < -0.4 is 10.5 Å². The number of rotatable bonds is 5. The lowest BCUT2D eigenvalue weighted by Gasteiger charge is -2.22. The van der Waals surface area contributed by atoms with Crippen LogP contribution in [0.4, 0.5) is 0 Å². The number of nitrogens with two attached hydrogens (primary N) is 1. The zero-order valence-corrected chi connectivity index (χ0v) is 16.5. The first kappa shape index (κ1) is 21.2. The Morgan fingerprint density at radius 2 is 2.17 bits per heavy atom. The number of methoxy groups -OCH3 is 1. The Morgan fingerprint density at radius 1 is 1.38 bits per heavy atom. The number of halogens is 2. The highest BCUT2D eigenvalue weighted by atomic mass is 35.5. The normalized spacial score (nSPS) is 20.3. The van der Waals surface area contributed by atoms with Crippen LogP contribution in [0.15, 0.2) is 29.6 Å². The minimum atomic E-state index is 0. The summed E-state index contributed by atoms with van der Waals surface area (Å²) in [5.41, 5.74) is 8.41. The van der Waals surface area contributed by atoms with Crippen molar-refractivity contribution in [2.45, 2.75) is 19.9 Å². The van der Waals surface area contributed by atoms with E-state index in [2.05, 4.69) is 23.3 Å². The molecule has 2 heterocycles. The van der Waals surface area contributed by atoms with Crippen LogP contribution in [0.1, 0.15) is 19.0 Å². The average Bonchev–Trinajstić information content (AvgIpc) is 3.15. The van der Waals surface area contributed by atoms with E-state index >= 15 is 0 Å². The minimum absolute atomic E-state index is 0. The first-order valence-corrected chi connectivity index (χ1v) is 8.51. The van der Waals surface area contributed by atoms with Crippen molar-refractivity contribution in [3.63, 3.8) is 0 Å². The summed E-state index contributed by atoms with van der Waals surface area (Å²) in [4.78, 5) is 7.24. The van der Waals surface area contributed by atoms with Crippen molar-refractivity contribution >= 4 is 36.2 Å². The highest BCUT2D eigenvalue weighted by Crippen LogP contribution is 2.31. The van der Waals surface area contributed by atoms with E-state index in [1.54, 1.807) is 18.4 Å². The summed E-state index contributed by atoms with van der Waals surface area (Å²) in [6.07, 6.45) is 1.18. The number of ether oxygens (including phenoxy) is 1. The quantitative estimate of drug-likeness (QED) is 0.843. The maximum absolute atomic E-state index is 5.88. The van der Waals surface area contributed by atoms with Crippen LogP contribution >= 0.6 is 36.2 Å². The smallest absolute Gasteiger partial charge is 0.123 e. The third kappa shape index (κ3) is 4.83. The van der Waals surface area contributed by atoms with Crippen LogP contribution in [0.2, 0.25) is 0 Å². The van der Waals surface area contributed by atoms with E-state index in [0.717, 1.165) is 48.2 Å². The summed E-state index contributed by atoms with van der Waals surface area (Å²) in [5.74, 6) is 0.868. The number of hydrogen-bond donors (Lipinski definition) is 1. The molecular formula is C17H25Cl2N3OS. The lowest BCUT2D eigenvalue weighted by Crippen LogP contribution is -2.31. The van der Waals surface area contributed by atoms with E-state index in [-0.39, 0.29) is 30.2 Å². The van der Waals surface area contributed by atoms with Gasteiger partial charge in [0.25, 0.3) is 0 Å². The maximum atomic E-state index is 5.88. The topological polar surface area (TPSA) is 51.4 Å². The molecule has 0 radical (unpaired) electrons. The standard InChI is InChI=1S/C17H23N3OS.2ClH/c1-17(11-18)6-7-20(12-17)9-14-10-22-16(19-14)13-4-3-5-15(8-13)21-2;;/h3-5,8,10H,6-7,9,11-12,18H2,1-2H3;2*1H.